The molecule has 2 aromatic carbocycles. The molecule has 3 nitrogen and oxygen atoms in total. The summed E-state index contributed by atoms with van der Waals surface area (Å²) in [6.07, 6.45) is 0. The van der Waals surface area contributed by atoms with Gasteiger partial charge >= 0.3 is 0 Å². The normalized spacial score (nSPS) is 13.0. The van der Waals surface area contributed by atoms with E-state index < -0.39 is 11.3 Å². The largest absolute Gasteiger partial charge is 0.497 e. The van der Waals surface area contributed by atoms with Gasteiger partial charge in [0.2, 0.25) is 0 Å². The zero-order chi connectivity index (χ0) is 15.2. The maximum atomic E-state index is 12.4. The molecule has 0 aliphatic rings. The smallest absolute Gasteiger partial charge is 0.181 e. The lowest BCUT2D eigenvalue weighted by molar-refractivity contribution is 0.0946. The predicted molar refractivity (Wildman–Crippen MR) is 81.5 cm³/mol. The van der Waals surface area contributed by atoms with Crippen molar-refractivity contribution in [2.45, 2.75) is 5.38 Å². The van der Waals surface area contributed by atoms with Crippen molar-refractivity contribution in [3.05, 3.63) is 65.7 Å². The maximum absolute atomic E-state index is 12.4. The van der Waals surface area contributed by atoms with Gasteiger partial charge in [0.05, 0.1) is 18.6 Å². The molecule has 106 valence electrons. The fraction of sp³-hybridized carbons (Fsp3) is 0.176. The Hall–Kier alpha value is -2.31. The van der Waals surface area contributed by atoms with Crippen LogP contribution in [0.3, 0.4) is 0 Å². The third kappa shape index (κ3) is 3.42. The fourth-order valence-corrected chi connectivity index (χ4v) is 2.34. The summed E-state index contributed by atoms with van der Waals surface area (Å²) in [5.74, 6) is -0.558. The number of benzene rings is 2. The van der Waals surface area contributed by atoms with Gasteiger partial charge in [0.15, 0.2) is 5.78 Å². The Labute approximate surface area is 128 Å². The highest BCUT2D eigenvalue weighted by molar-refractivity contribution is 6.23. The topological polar surface area (TPSA) is 50.1 Å². The van der Waals surface area contributed by atoms with Crippen molar-refractivity contribution in [3.8, 4) is 11.8 Å². The molecule has 0 fully saturated rings. The molecule has 0 radical (unpaired) electrons. The minimum absolute atomic E-state index is 0.288. The minimum Gasteiger partial charge on any atom is -0.497 e. The van der Waals surface area contributed by atoms with Crippen LogP contribution in [0.4, 0.5) is 0 Å². The number of carbonyl (C=O) groups excluding carboxylic acids is 1. The van der Waals surface area contributed by atoms with E-state index in [0.717, 1.165) is 5.56 Å². The molecule has 0 amide bonds. The highest BCUT2D eigenvalue weighted by atomic mass is 35.5. The van der Waals surface area contributed by atoms with Crippen LogP contribution in [-0.4, -0.2) is 12.9 Å². The first kappa shape index (κ1) is 15.1. The zero-order valence-corrected chi connectivity index (χ0v) is 12.2. The predicted octanol–water partition coefficient (Wildman–Crippen LogP) is 4.00. The number of alkyl halides is 1. The number of nitrogens with zero attached hydrogens (tertiary/aromatic N) is 1. The summed E-state index contributed by atoms with van der Waals surface area (Å²) >= 11 is 6.31. The number of ketones is 1. The van der Waals surface area contributed by atoms with Crippen LogP contribution in [-0.2, 0) is 0 Å². The van der Waals surface area contributed by atoms with E-state index in [2.05, 4.69) is 0 Å². The van der Waals surface area contributed by atoms with Gasteiger partial charge in [-0.25, -0.2) is 0 Å². The Morgan fingerprint density at radius 1 is 1.14 bits per heavy atom. The highest BCUT2D eigenvalue weighted by Crippen LogP contribution is 2.31. The van der Waals surface area contributed by atoms with E-state index in [9.17, 15) is 10.1 Å². The average molecular weight is 300 g/mol. The zero-order valence-electron chi connectivity index (χ0n) is 11.5. The summed E-state index contributed by atoms with van der Waals surface area (Å²) in [6, 6.07) is 17.8. The molecule has 0 saturated carbocycles. The molecule has 21 heavy (non-hydrogen) atoms. The van der Waals surface area contributed by atoms with Crippen LogP contribution in [0.5, 0.6) is 5.75 Å². The van der Waals surface area contributed by atoms with Crippen molar-refractivity contribution < 1.29 is 9.53 Å². The van der Waals surface area contributed by atoms with Crippen LogP contribution >= 0.6 is 11.6 Å². The summed E-state index contributed by atoms with van der Waals surface area (Å²) in [7, 11) is 1.55. The van der Waals surface area contributed by atoms with Crippen LogP contribution in [0.15, 0.2) is 54.6 Å². The first-order valence-electron chi connectivity index (χ1n) is 6.44. The molecule has 0 spiro atoms. The molecule has 0 aliphatic carbocycles. The van der Waals surface area contributed by atoms with Crippen molar-refractivity contribution >= 4 is 17.4 Å². The van der Waals surface area contributed by atoms with Crippen LogP contribution in [0, 0.1) is 17.2 Å². The summed E-state index contributed by atoms with van der Waals surface area (Å²) in [5.41, 5.74) is 1.21. The molecule has 0 bridgehead atoms. The molecule has 0 saturated heterocycles. The highest BCUT2D eigenvalue weighted by Gasteiger charge is 2.28. The Kier molecular flexibility index (Phi) is 4.97. The first-order valence-corrected chi connectivity index (χ1v) is 6.88. The van der Waals surface area contributed by atoms with E-state index in [1.807, 2.05) is 36.4 Å². The van der Waals surface area contributed by atoms with E-state index >= 15 is 0 Å². The van der Waals surface area contributed by atoms with Gasteiger partial charge in [0.25, 0.3) is 0 Å². The molecule has 0 N–H and O–H groups in total. The number of hydrogen-bond donors (Lipinski definition) is 0. The Balaban J connectivity index is 2.24. The van der Waals surface area contributed by atoms with Crippen molar-refractivity contribution in [2.75, 3.05) is 7.11 Å². The Bertz CT molecular complexity index is 647. The van der Waals surface area contributed by atoms with Crippen molar-refractivity contribution in [1.82, 2.24) is 0 Å². The molecule has 4 heteroatoms. The molecule has 0 heterocycles. The van der Waals surface area contributed by atoms with Crippen LogP contribution in [0.25, 0.3) is 0 Å². The molecule has 2 unspecified atom stereocenters. The number of Topliss-reactive ketones (excluding diaryl/α,β-unsaturated/α-hetero) is 1. The van der Waals surface area contributed by atoms with Crippen LogP contribution < -0.4 is 4.74 Å². The molecule has 2 atom stereocenters. The SMILES string of the molecule is COc1ccc(C(=O)C(C#N)C(Cl)c2ccccc2)cc1. The van der Waals surface area contributed by atoms with E-state index in [1.165, 1.54) is 0 Å². The standard InChI is InChI=1S/C17H14ClNO2/c1-21-14-9-7-13(8-10-14)17(20)15(11-19)16(18)12-5-3-2-4-6-12/h2-10,15-16H,1H3. The summed E-state index contributed by atoms with van der Waals surface area (Å²) in [6.45, 7) is 0. The van der Waals surface area contributed by atoms with Crippen LogP contribution in [0.2, 0.25) is 0 Å². The van der Waals surface area contributed by atoms with E-state index in [0.29, 0.717) is 11.3 Å². The van der Waals surface area contributed by atoms with E-state index in [-0.39, 0.29) is 5.78 Å². The van der Waals surface area contributed by atoms with Gasteiger partial charge in [-0.1, -0.05) is 30.3 Å². The van der Waals surface area contributed by atoms with Gasteiger partial charge in [0.1, 0.15) is 11.7 Å². The number of nitriles is 1. The van der Waals surface area contributed by atoms with Crippen molar-refractivity contribution in [2.24, 2.45) is 5.92 Å². The van der Waals surface area contributed by atoms with Gasteiger partial charge < -0.3 is 4.74 Å². The Morgan fingerprint density at radius 3 is 2.29 bits per heavy atom. The van der Waals surface area contributed by atoms with Crippen molar-refractivity contribution in [3.63, 3.8) is 0 Å². The third-order valence-corrected chi connectivity index (χ3v) is 3.71. The number of methoxy groups -OCH3 is 1. The lowest BCUT2D eigenvalue weighted by atomic mass is 9.92. The Morgan fingerprint density at radius 2 is 1.76 bits per heavy atom. The molecular weight excluding hydrogens is 286 g/mol. The lowest BCUT2D eigenvalue weighted by Gasteiger charge is -2.15. The second-order valence-electron chi connectivity index (χ2n) is 4.51. The second-order valence-corrected chi connectivity index (χ2v) is 4.98. The monoisotopic (exact) mass is 299 g/mol. The molecule has 2 rings (SSSR count). The number of rotatable bonds is 5. The number of hydrogen-bond acceptors (Lipinski definition) is 3. The summed E-state index contributed by atoms with van der Waals surface area (Å²) in [5, 5.41) is 8.64. The van der Waals surface area contributed by atoms with Crippen molar-refractivity contribution in [1.29, 1.82) is 5.26 Å². The van der Waals surface area contributed by atoms with Crippen LogP contribution in [0.1, 0.15) is 21.3 Å². The number of halogens is 1. The molecule has 0 aromatic heterocycles. The van der Waals surface area contributed by atoms with Gasteiger partial charge in [-0.05, 0) is 29.8 Å². The third-order valence-electron chi connectivity index (χ3n) is 3.21. The maximum Gasteiger partial charge on any atom is 0.181 e. The molecule has 0 aliphatic heterocycles. The minimum atomic E-state index is -0.928. The first-order chi connectivity index (χ1) is 10.2. The average Bonchev–Trinajstić information content (AvgIpc) is 2.56. The number of carbonyl (C=O) groups is 1. The molecular formula is C17H14ClNO2. The molecule has 2 aromatic rings. The lowest BCUT2D eigenvalue weighted by Crippen LogP contribution is -2.18. The summed E-state index contributed by atoms with van der Waals surface area (Å²) in [4.78, 5) is 12.4. The van der Waals surface area contributed by atoms with E-state index in [1.54, 1.807) is 31.4 Å². The van der Waals surface area contributed by atoms with Gasteiger partial charge in [0, 0.05) is 5.56 Å². The number of ether oxygens (including phenoxy) is 1. The second kappa shape index (κ2) is 6.92. The van der Waals surface area contributed by atoms with E-state index in [4.69, 9.17) is 16.3 Å². The van der Waals surface area contributed by atoms with Gasteiger partial charge in [-0.15, -0.1) is 11.6 Å². The fourth-order valence-electron chi connectivity index (χ4n) is 2.02. The van der Waals surface area contributed by atoms with Gasteiger partial charge in [-0.3, -0.25) is 4.79 Å². The van der Waals surface area contributed by atoms with Gasteiger partial charge in [-0.2, -0.15) is 5.26 Å². The summed E-state index contributed by atoms with van der Waals surface area (Å²) < 4.78 is 5.05. The quantitative estimate of drug-likeness (QED) is 0.619.